The first-order chi connectivity index (χ1) is 10.2. The summed E-state index contributed by atoms with van der Waals surface area (Å²) in [6, 6.07) is 0.511. The molecule has 1 aliphatic carbocycles. The molecule has 1 atom stereocenters. The fourth-order valence-electron chi connectivity index (χ4n) is 3.73. The molecule has 2 fully saturated rings. The second kappa shape index (κ2) is 8.76. The minimum atomic E-state index is -0.486. The molecule has 0 aromatic carbocycles. The lowest BCUT2D eigenvalue weighted by Gasteiger charge is -2.44. The van der Waals surface area contributed by atoms with E-state index < -0.39 is 6.23 Å². The van der Waals surface area contributed by atoms with Crippen LogP contribution in [0.2, 0.25) is 0 Å². The maximum Gasteiger partial charge on any atom is 0.120 e. The molecule has 2 aliphatic rings. The van der Waals surface area contributed by atoms with Crippen molar-refractivity contribution in [2.75, 3.05) is 13.1 Å². The Morgan fingerprint density at radius 2 is 1.48 bits per heavy atom. The first kappa shape index (κ1) is 16.8. The Kier molecular flexibility index (Phi) is 7.00. The first-order valence-electron chi connectivity index (χ1n) is 8.76. The van der Waals surface area contributed by atoms with Crippen LogP contribution in [0.4, 0.5) is 0 Å². The van der Waals surface area contributed by atoms with E-state index in [1.807, 2.05) is 5.01 Å². The fraction of sp³-hybridized carbons (Fsp3) is 0.882. The maximum absolute atomic E-state index is 10.5. The molecule has 0 spiro atoms. The molecule has 21 heavy (non-hydrogen) atoms. The second-order valence-electron chi connectivity index (χ2n) is 6.66. The number of aliphatic hydroxyl groups excluding tert-OH is 2. The fourth-order valence-corrected chi connectivity index (χ4v) is 3.73. The van der Waals surface area contributed by atoms with Gasteiger partial charge in [0.2, 0.25) is 0 Å². The van der Waals surface area contributed by atoms with E-state index in [0.29, 0.717) is 12.6 Å². The predicted octanol–water partition coefficient (Wildman–Crippen LogP) is 3.58. The summed E-state index contributed by atoms with van der Waals surface area (Å²) in [6.07, 6.45) is 12.8. The Hall–Kier alpha value is -0.580. The lowest BCUT2D eigenvalue weighted by molar-refractivity contribution is -0.169. The minimum absolute atomic E-state index is 0.144. The number of nitrogens with zero attached hydrogens (tertiary/aromatic N) is 2. The molecule has 0 aromatic heterocycles. The zero-order valence-electron chi connectivity index (χ0n) is 13.3. The molecule has 1 saturated carbocycles. The van der Waals surface area contributed by atoms with Gasteiger partial charge in [0.15, 0.2) is 0 Å². The lowest BCUT2D eigenvalue weighted by atomic mass is 9.95. The molecule has 1 saturated heterocycles. The van der Waals surface area contributed by atoms with Gasteiger partial charge in [-0.25, -0.2) is 10.0 Å². The van der Waals surface area contributed by atoms with Crippen LogP contribution < -0.4 is 0 Å². The van der Waals surface area contributed by atoms with Gasteiger partial charge in [0.1, 0.15) is 12.0 Å². The van der Waals surface area contributed by atoms with Crippen molar-refractivity contribution < 1.29 is 10.2 Å². The molecule has 1 unspecified atom stereocenters. The van der Waals surface area contributed by atoms with Gasteiger partial charge in [0.05, 0.1) is 6.54 Å². The summed E-state index contributed by atoms with van der Waals surface area (Å²) in [5.74, 6) is 0.144. The standard InChI is InChI=1S/C17H32N2O2/c1-15(20)14-19-17(21)12-8-5-9-13-18(19)16-10-6-3-2-4-7-11-16/h16-17,20-21H,1-14H2. The summed E-state index contributed by atoms with van der Waals surface area (Å²) in [4.78, 5) is 0. The third kappa shape index (κ3) is 5.28. The van der Waals surface area contributed by atoms with Gasteiger partial charge >= 0.3 is 0 Å². The third-order valence-corrected chi connectivity index (χ3v) is 4.86. The molecular weight excluding hydrogens is 264 g/mol. The van der Waals surface area contributed by atoms with Gasteiger partial charge < -0.3 is 10.2 Å². The highest BCUT2D eigenvalue weighted by Crippen LogP contribution is 2.26. The Balaban J connectivity index is 2.09. The van der Waals surface area contributed by atoms with Gasteiger partial charge in [-0.3, -0.25) is 0 Å². The minimum Gasteiger partial charge on any atom is -0.512 e. The quantitative estimate of drug-likeness (QED) is 0.781. The molecule has 0 aromatic rings. The smallest absolute Gasteiger partial charge is 0.120 e. The van der Waals surface area contributed by atoms with Crippen molar-refractivity contribution >= 4 is 0 Å². The molecule has 122 valence electrons. The molecule has 2 N–H and O–H groups in total. The van der Waals surface area contributed by atoms with Crippen molar-refractivity contribution in [1.29, 1.82) is 0 Å². The zero-order valence-corrected chi connectivity index (χ0v) is 13.3. The van der Waals surface area contributed by atoms with Crippen molar-refractivity contribution in [2.45, 2.75) is 82.9 Å². The molecule has 1 aliphatic heterocycles. The van der Waals surface area contributed by atoms with Crippen molar-refractivity contribution in [3.05, 3.63) is 12.3 Å². The molecular formula is C17H32N2O2. The summed E-state index contributed by atoms with van der Waals surface area (Å²) >= 11 is 0. The molecule has 0 radical (unpaired) electrons. The Morgan fingerprint density at radius 1 is 0.905 bits per heavy atom. The van der Waals surface area contributed by atoms with Crippen LogP contribution in [0.3, 0.4) is 0 Å². The van der Waals surface area contributed by atoms with Crippen molar-refractivity contribution in [3.8, 4) is 0 Å². The molecule has 0 bridgehead atoms. The highest BCUT2D eigenvalue weighted by molar-refractivity contribution is 4.86. The van der Waals surface area contributed by atoms with Crippen LogP contribution in [0.15, 0.2) is 12.3 Å². The third-order valence-electron chi connectivity index (χ3n) is 4.86. The normalized spacial score (nSPS) is 28.3. The summed E-state index contributed by atoms with van der Waals surface area (Å²) in [6.45, 7) is 4.98. The van der Waals surface area contributed by atoms with Gasteiger partial charge in [0.25, 0.3) is 0 Å². The summed E-state index contributed by atoms with van der Waals surface area (Å²) in [5.41, 5.74) is 0. The van der Waals surface area contributed by atoms with E-state index in [1.54, 1.807) is 0 Å². The first-order valence-corrected chi connectivity index (χ1v) is 8.76. The van der Waals surface area contributed by atoms with Crippen LogP contribution in [0.1, 0.15) is 70.6 Å². The Labute approximate surface area is 129 Å². The van der Waals surface area contributed by atoms with Gasteiger partial charge in [-0.1, -0.05) is 45.1 Å². The monoisotopic (exact) mass is 296 g/mol. The van der Waals surface area contributed by atoms with Crippen LogP contribution in [0, 0.1) is 0 Å². The van der Waals surface area contributed by atoms with Crippen LogP contribution in [-0.4, -0.2) is 45.6 Å². The number of hydrogen-bond donors (Lipinski definition) is 2. The molecule has 0 amide bonds. The lowest BCUT2D eigenvalue weighted by Crippen LogP contribution is -2.55. The molecule has 2 rings (SSSR count). The van der Waals surface area contributed by atoms with Gasteiger partial charge in [-0.15, -0.1) is 0 Å². The number of rotatable bonds is 3. The number of hydrogen-bond acceptors (Lipinski definition) is 4. The predicted molar refractivity (Wildman–Crippen MR) is 85.8 cm³/mol. The Bertz CT molecular complexity index is 314. The second-order valence-corrected chi connectivity index (χ2v) is 6.66. The molecule has 4 nitrogen and oxygen atoms in total. The van der Waals surface area contributed by atoms with Crippen LogP contribution in [0.25, 0.3) is 0 Å². The highest BCUT2D eigenvalue weighted by Gasteiger charge is 2.30. The van der Waals surface area contributed by atoms with E-state index in [-0.39, 0.29) is 5.76 Å². The van der Waals surface area contributed by atoms with Crippen LogP contribution in [-0.2, 0) is 0 Å². The van der Waals surface area contributed by atoms with Crippen molar-refractivity contribution in [1.82, 2.24) is 10.0 Å². The van der Waals surface area contributed by atoms with Crippen LogP contribution in [0.5, 0.6) is 0 Å². The summed E-state index contributed by atoms with van der Waals surface area (Å²) < 4.78 is 0. The summed E-state index contributed by atoms with van der Waals surface area (Å²) in [7, 11) is 0. The SMILES string of the molecule is C=C(O)CN1C(O)CCCCCN1C1CCCCCCC1. The topological polar surface area (TPSA) is 46.9 Å². The Morgan fingerprint density at radius 3 is 2.14 bits per heavy atom. The largest absolute Gasteiger partial charge is 0.512 e. The van der Waals surface area contributed by atoms with E-state index in [1.165, 1.54) is 57.8 Å². The van der Waals surface area contributed by atoms with Crippen molar-refractivity contribution in [3.63, 3.8) is 0 Å². The van der Waals surface area contributed by atoms with E-state index in [4.69, 9.17) is 0 Å². The van der Waals surface area contributed by atoms with E-state index in [0.717, 1.165) is 19.4 Å². The molecule has 4 heteroatoms. The summed E-state index contributed by atoms with van der Waals surface area (Å²) in [5, 5.41) is 24.4. The molecule has 1 heterocycles. The number of hydrazine groups is 1. The average Bonchev–Trinajstić information content (AvgIpc) is 2.39. The van der Waals surface area contributed by atoms with Gasteiger partial charge in [0, 0.05) is 12.6 Å². The van der Waals surface area contributed by atoms with Gasteiger partial charge in [-0.05, 0) is 32.1 Å². The van der Waals surface area contributed by atoms with Crippen LogP contribution >= 0.6 is 0 Å². The number of aliphatic hydroxyl groups is 2. The maximum atomic E-state index is 10.5. The van der Waals surface area contributed by atoms with E-state index in [2.05, 4.69) is 11.6 Å². The zero-order chi connectivity index (χ0) is 15.1. The van der Waals surface area contributed by atoms with E-state index >= 15 is 0 Å². The highest BCUT2D eigenvalue weighted by atomic mass is 16.3. The van der Waals surface area contributed by atoms with E-state index in [9.17, 15) is 10.2 Å². The van der Waals surface area contributed by atoms with Gasteiger partial charge in [-0.2, -0.15) is 0 Å². The van der Waals surface area contributed by atoms with Crippen molar-refractivity contribution in [2.24, 2.45) is 0 Å². The average molecular weight is 296 g/mol.